The van der Waals surface area contributed by atoms with E-state index in [2.05, 4.69) is 27.3 Å². The molecule has 2 aromatic carbocycles. The molecule has 0 bridgehead atoms. The number of carbonyl (C=O) groups is 1. The number of amides is 1. The van der Waals surface area contributed by atoms with Crippen LogP contribution in [0.25, 0.3) is 0 Å². The van der Waals surface area contributed by atoms with E-state index < -0.39 is 0 Å². The molecule has 0 aliphatic rings. The average Bonchev–Trinajstić information content (AvgIpc) is 3.47. The minimum Gasteiger partial charge on any atom is -0.467 e. The Balaban J connectivity index is 1.46. The molecule has 0 atom stereocenters. The Morgan fingerprint density at radius 1 is 0.969 bits per heavy atom. The molecule has 1 amide bonds. The van der Waals surface area contributed by atoms with Crippen LogP contribution in [0.1, 0.15) is 33.3 Å². The number of hydrogen-bond donors (Lipinski definition) is 1. The second-order valence-corrected chi connectivity index (χ2v) is 8.10. The summed E-state index contributed by atoms with van der Waals surface area (Å²) in [7, 11) is 0. The Labute approximate surface area is 195 Å². The lowest BCUT2D eigenvalue weighted by Gasteiger charge is -2.21. The summed E-state index contributed by atoms with van der Waals surface area (Å²) in [6.45, 7) is 1.90. The first-order valence-electron chi connectivity index (χ1n) is 10.0. The zero-order valence-electron chi connectivity index (χ0n) is 17.1. The molecule has 164 valence electrons. The van der Waals surface area contributed by atoms with Crippen molar-refractivity contribution in [1.82, 2.24) is 15.2 Å². The highest BCUT2D eigenvalue weighted by Gasteiger charge is 2.17. The van der Waals surface area contributed by atoms with Gasteiger partial charge < -0.3 is 14.2 Å². The van der Waals surface area contributed by atoms with E-state index in [0.29, 0.717) is 41.3 Å². The normalized spacial score (nSPS) is 11.1. The van der Waals surface area contributed by atoms with Gasteiger partial charge in [-0.25, -0.2) is 4.98 Å². The van der Waals surface area contributed by atoms with Crippen LogP contribution in [0.2, 0.25) is 10.0 Å². The third-order valence-electron chi connectivity index (χ3n) is 4.80. The van der Waals surface area contributed by atoms with E-state index in [-0.39, 0.29) is 18.1 Å². The Morgan fingerprint density at radius 3 is 2.56 bits per heavy atom. The predicted octanol–water partition coefficient (Wildman–Crippen LogP) is 5.71. The summed E-state index contributed by atoms with van der Waals surface area (Å²) < 4.78 is 10.8. The second kappa shape index (κ2) is 10.5. The number of oxazole rings is 1. The van der Waals surface area contributed by atoms with Crippen molar-refractivity contribution >= 4 is 29.1 Å². The first kappa shape index (κ1) is 22.1. The van der Waals surface area contributed by atoms with Gasteiger partial charge in [-0.3, -0.25) is 9.69 Å². The fourth-order valence-corrected chi connectivity index (χ4v) is 3.72. The molecule has 6 nitrogen and oxygen atoms in total. The molecule has 0 saturated carbocycles. The van der Waals surface area contributed by atoms with Crippen LogP contribution >= 0.6 is 23.2 Å². The molecular formula is C24H21Cl2N3O3. The molecule has 0 aliphatic carbocycles. The van der Waals surface area contributed by atoms with Gasteiger partial charge in [-0.2, -0.15) is 0 Å². The maximum Gasteiger partial charge on any atom is 0.273 e. The molecular weight excluding hydrogens is 449 g/mol. The minimum absolute atomic E-state index is 0.218. The van der Waals surface area contributed by atoms with E-state index in [9.17, 15) is 4.79 Å². The Kier molecular flexibility index (Phi) is 7.27. The molecule has 0 aliphatic heterocycles. The van der Waals surface area contributed by atoms with Crippen molar-refractivity contribution < 1.29 is 13.6 Å². The van der Waals surface area contributed by atoms with Gasteiger partial charge in [0.15, 0.2) is 5.69 Å². The van der Waals surface area contributed by atoms with Gasteiger partial charge in [0.25, 0.3) is 5.91 Å². The molecule has 0 fully saturated rings. The smallest absolute Gasteiger partial charge is 0.273 e. The lowest BCUT2D eigenvalue weighted by atomic mass is 10.1. The topological polar surface area (TPSA) is 71.5 Å². The van der Waals surface area contributed by atoms with E-state index in [1.54, 1.807) is 24.5 Å². The summed E-state index contributed by atoms with van der Waals surface area (Å²) in [6, 6.07) is 19.1. The molecule has 2 aromatic heterocycles. The van der Waals surface area contributed by atoms with Gasteiger partial charge in [0.05, 0.1) is 19.4 Å². The summed E-state index contributed by atoms with van der Waals surface area (Å²) >= 11 is 12.4. The summed E-state index contributed by atoms with van der Waals surface area (Å²) in [5, 5.41) is 3.95. The molecule has 0 saturated heterocycles. The van der Waals surface area contributed by atoms with Crippen molar-refractivity contribution in [3.8, 4) is 0 Å². The van der Waals surface area contributed by atoms with Crippen LogP contribution in [-0.4, -0.2) is 15.8 Å². The zero-order chi connectivity index (χ0) is 22.3. The molecule has 4 aromatic rings. The van der Waals surface area contributed by atoms with E-state index in [1.165, 1.54) is 6.26 Å². The van der Waals surface area contributed by atoms with E-state index in [4.69, 9.17) is 32.0 Å². The number of nitrogens with one attached hydrogen (secondary N) is 1. The van der Waals surface area contributed by atoms with Crippen LogP contribution in [0.15, 0.2) is 82.0 Å². The predicted molar refractivity (Wildman–Crippen MR) is 122 cm³/mol. The summed E-state index contributed by atoms with van der Waals surface area (Å²) in [5.74, 6) is 0.775. The number of nitrogens with zero attached hydrogens (tertiary/aromatic N) is 2. The highest BCUT2D eigenvalue weighted by molar-refractivity contribution is 6.35. The van der Waals surface area contributed by atoms with Crippen LogP contribution in [-0.2, 0) is 26.2 Å². The van der Waals surface area contributed by atoms with Gasteiger partial charge in [0, 0.05) is 23.1 Å². The molecule has 4 rings (SSSR count). The van der Waals surface area contributed by atoms with Crippen molar-refractivity contribution in [2.24, 2.45) is 0 Å². The highest BCUT2D eigenvalue weighted by atomic mass is 35.5. The Bertz CT molecular complexity index is 1160. The molecule has 0 radical (unpaired) electrons. The maximum atomic E-state index is 12.4. The Hall–Kier alpha value is -3.06. The van der Waals surface area contributed by atoms with Crippen LogP contribution in [0.5, 0.6) is 0 Å². The van der Waals surface area contributed by atoms with Gasteiger partial charge in [-0.05, 0) is 35.4 Å². The van der Waals surface area contributed by atoms with Crippen molar-refractivity contribution in [3.05, 3.63) is 112 Å². The fraction of sp³-hybridized carbons (Fsp3) is 0.167. The van der Waals surface area contributed by atoms with E-state index in [0.717, 1.165) is 11.1 Å². The number of furan rings is 1. The van der Waals surface area contributed by atoms with Gasteiger partial charge >= 0.3 is 0 Å². The van der Waals surface area contributed by atoms with Gasteiger partial charge in [0.2, 0.25) is 5.89 Å². The van der Waals surface area contributed by atoms with Crippen LogP contribution in [0, 0.1) is 0 Å². The average molecular weight is 470 g/mol. The minimum atomic E-state index is -0.327. The van der Waals surface area contributed by atoms with Crippen molar-refractivity contribution in [3.63, 3.8) is 0 Å². The van der Waals surface area contributed by atoms with Crippen LogP contribution < -0.4 is 5.32 Å². The molecule has 8 heteroatoms. The highest BCUT2D eigenvalue weighted by Crippen LogP contribution is 2.24. The third-order valence-corrected chi connectivity index (χ3v) is 5.39. The molecule has 1 N–H and O–H groups in total. The monoisotopic (exact) mass is 469 g/mol. The zero-order valence-corrected chi connectivity index (χ0v) is 18.6. The lowest BCUT2D eigenvalue weighted by Crippen LogP contribution is -2.24. The number of halogens is 2. The van der Waals surface area contributed by atoms with Crippen molar-refractivity contribution in [2.75, 3.05) is 0 Å². The number of carbonyl (C=O) groups excluding carboxylic acids is 1. The van der Waals surface area contributed by atoms with Gasteiger partial charge in [0.1, 0.15) is 12.0 Å². The second-order valence-electron chi connectivity index (χ2n) is 7.26. The first-order chi connectivity index (χ1) is 15.6. The number of rotatable bonds is 9. The van der Waals surface area contributed by atoms with Crippen molar-refractivity contribution in [2.45, 2.75) is 26.2 Å². The number of hydrogen-bond acceptors (Lipinski definition) is 5. The van der Waals surface area contributed by atoms with Gasteiger partial charge in [-0.1, -0.05) is 59.6 Å². The lowest BCUT2D eigenvalue weighted by molar-refractivity contribution is 0.0943. The first-order valence-corrected chi connectivity index (χ1v) is 10.8. The fourth-order valence-electron chi connectivity index (χ4n) is 3.25. The molecule has 2 heterocycles. The maximum absolute atomic E-state index is 12.4. The van der Waals surface area contributed by atoms with E-state index >= 15 is 0 Å². The Morgan fingerprint density at radius 2 is 1.81 bits per heavy atom. The number of benzene rings is 2. The number of aromatic nitrogens is 1. The van der Waals surface area contributed by atoms with E-state index in [1.807, 2.05) is 30.3 Å². The van der Waals surface area contributed by atoms with Crippen molar-refractivity contribution in [1.29, 1.82) is 0 Å². The third kappa shape index (κ3) is 6.01. The molecule has 0 unspecified atom stereocenters. The summed E-state index contributed by atoms with van der Waals surface area (Å²) in [4.78, 5) is 18.9. The van der Waals surface area contributed by atoms with Crippen LogP contribution in [0.4, 0.5) is 0 Å². The molecule has 0 spiro atoms. The SMILES string of the molecule is O=C(NCc1ccco1)c1coc(CN(Cc2ccccc2)Cc2ccc(Cl)cc2Cl)n1. The van der Waals surface area contributed by atoms with Gasteiger partial charge in [-0.15, -0.1) is 0 Å². The quantitative estimate of drug-likeness (QED) is 0.340. The summed E-state index contributed by atoms with van der Waals surface area (Å²) in [5.41, 5.74) is 2.30. The summed E-state index contributed by atoms with van der Waals surface area (Å²) in [6.07, 6.45) is 2.92. The standard InChI is InChI=1S/C24H21Cl2N3O3/c25-19-9-8-18(21(26)11-19)14-29(13-17-5-2-1-3-6-17)15-23-28-22(16-32-23)24(30)27-12-20-7-4-10-31-20/h1-11,16H,12-15H2,(H,27,30). The molecule has 32 heavy (non-hydrogen) atoms. The van der Waals surface area contributed by atoms with Crippen LogP contribution in [0.3, 0.4) is 0 Å². The largest absolute Gasteiger partial charge is 0.467 e.